The zero-order valence-electron chi connectivity index (χ0n) is 17.0. The summed E-state index contributed by atoms with van der Waals surface area (Å²) in [4.78, 5) is 13.1. The molecule has 4 nitrogen and oxygen atoms in total. The van der Waals surface area contributed by atoms with E-state index in [2.05, 4.69) is 5.32 Å². The van der Waals surface area contributed by atoms with Gasteiger partial charge in [-0.3, -0.25) is 4.79 Å². The summed E-state index contributed by atoms with van der Waals surface area (Å²) < 4.78 is 20.6. The van der Waals surface area contributed by atoms with Crippen LogP contribution in [-0.4, -0.2) is 17.6 Å². The predicted molar refractivity (Wildman–Crippen MR) is 122 cm³/mol. The molecule has 1 aromatic heterocycles. The number of halogens is 2. The third-order valence-corrected chi connectivity index (χ3v) is 5.30. The summed E-state index contributed by atoms with van der Waals surface area (Å²) in [7, 11) is 1.61. The molecule has 0 radical (unpaired) electrons. The molecule has 0 saturated heterocycles. The van der Waals surface area contributed by atoms with Gasteiger partial charge in [0.1, 0.15) is 11.6 Å². The maximum atomic E-state index is 13.2. The molecule has 0 saturated carbocycles. The van der Waals surface area contributed by atoms with Crippen LogP contribution in [0.4, 0.5) is 10.1 Å². The lowest BCUT2D eigenvalue weighted by Crippen LogP contribution is -2.13. The molecular formula is C25H20ClFN2O2. The average Bonchev–Trinajstić information content (AvgIpc) is 3.13. The topological polar surface area (TPSA) is 43.3 Å². The van der Waals surface area contributed by atoms with Gasteiger partial charge in [0.2, 0.25) is 0 Å². The zero-order chi connectivity index (χ0) is 22.0. The van der Waals surface area contributed by atoms with Crippen molar-refractivity contribution in [3.8, 4) is 22.7 Å². The number of amides is 1. The summed E-state index contributed by atoms with van der Waals surface area (Å²) in [6, 6.07) is 22.6. The van der Waals surface area contributed by atoms with Crippen LogP contribution in [0.3, 0.4) is 0 Å². The Kier molecular flexibility index (Phi) is 5.78. The molecule has 0 spiro atoms. The van der Waals surface area contributed by atoms with Crippen molar-refractivity contribution in [3.63, 3.8) is 0 Å². The number of methoxy groups -OCH3 is 1. The summed E-state index contributed by atoms with van der Waals surface area (Å²) in [5, 5.41) is 3.47. The van der Waals surface area contributed by atoms with Crippen molar-refractivity contribution < 1.29 is 13.9 Å². The Morgan fingerprint density at radius 1 is 1.00 bits per heavy atom. The monoisotopic (exact) mass is 434 g/mol. The summed E-state index contributed by atoms with van der Waals surface area (Å²) in [6.07, 6.45) is 0. The number of nitrogens with one attached hydrogen (secondary N) is 1. The van der Waals surface area contributed by atoms with Crippen LogP contribution >= 0.6 is 11.6 Å². The van der Waals surface area contributed by atoms with E-state index < -0.39 is 0 Å². The first-order valence-corrected chi connectivity index (χ1v) is 10.0. The third kappa shape index (κ3) is 4.32. The Bertz CT molecular complexity index is 1230. The van der Waals surface area contributed by atoms with E-state index in [0.717, 1.165) is 22.6 Å². The highest BCUT2D eigenvalue weighted by Gasteiger charge is 2.20. The number of carbonyl (C=O) groups excluding carboxylic acids is 1. The number of nitrogens with zero attached hydrogens (tertiary/aromatic N) is 1. The summed E-state index contributed by atoms with van der Waals surface area (Å²) in [5.41, 5.74) is 4.41. The number of benzene rings is 3. The second-order valence-electron chi connectivity index (χ2n) is 7.03. The number of hydrogen-bond acceptors (Lipinski definition) is 2. The molecule has 0 aliphatic carbocycles. The van der Waals surface area contributed by atoms with E-state index in [1.165, 1.54) is 24.3 Å². The van der Waals surface area contributed by atoms with Gasteiger partial charge >= 0.3 is 0 Å². The molecule has 4 aromatic rings. The summed E-state index contributed by atoms with van der Waals surface area (Å²) in [6.45, 7) is 1.89. The van der Waals surface area contributed by atoms with E-state index in [0.29, 0.717) is 22.0 Å². The lowest BCUT2D eigenvalue weighted by atomic mass is 10.1. The van der Waals surface area contributed by atoms with Crippen LogP contribution in [-0.2, 0) is 0 Å². The SMILES string of the molecule is COc1cccc(-n2c(-c3ccc(Cl)cc3)cc(C(=O)Nc3ccc(F)cc3)c2C)c1. The Balaban J connectivity index is 1.82. The Morgan fingerprint density at radius 3 is 2.39 bits per heavy atom. The maximum absolute atomic E-state index is 13.2. The fraction of sp³-hybridized carbons (Fsp3) is 0.0800. The van der Waals surface area contributed by atoms with Gasteiger partial charge in [0, 0.05) is 28.2 Å². The summed E-state index contributed by atoms with van der Waals surface area (Å²) >= 11 is 6.07. The van der Waals surface area contributed by atoms with Gasteiger partial charge in [0.15, 0.2) is 0 Å². The van der Waals surface area contributed by atoms with Crippen molar-refractivity contribution in [1.82, 2.24) is 4.57 Å². The predicted octanol–water partition coefficient (Wildman–Crippen LogP) is 6.51. The van der Waals surface area contributed by atoms with Gasteiger partial charge in [-0.2, -0.15) is 0 Å². The van der Waals surface area contributed by atoms with Crippen LogP contribution in [0, 0.1) is 12.7 Å². The molecule has 3 aromatic carbocycles. The van der Waals surface area contributed by atoms with E-state index in [1.807, 2.05) is 66.1 Å². The van der Waals surface area contributed by atoms with Crippen LogP contribution in [0.1, 0.15) is 16.1 Å². The first-order valence-electron chi connectivity index (χ1n) is 9.66. The van der Waals surface area contributed by atoms with Gasteiger partial charge in [-0.25, -0.2) is 4.39 Å². The molecule has 156 valence electrons. The number of ether oxygens (including phenoxy) is 1. The van der Waals surface area contributed by atoms with Gasteiger partial charge < -0.3 is 14.6 Å². The Morgan fingerprint density at radius 2 is 1.71 bits per heavy atom. The normalized spacial score (nSPS) is 10.7. The van der Waals surface area contributed by atoms with Gasteiger partial charge in [0.25, 0.3) is 5.91 Å². The van der Waals surface area contributed by atoms with Crippen LogP contribution in [0.25, 0.3) is 16.9 Å². The highest BCUT2D eigenvalue weighted by molar-refractivity contribution is 6.30. The lowest BCUT2D eigenvalue weighted by molar-refractivity contribution is 0.102. The van der Waals surface area contributed by atoms with Gasteiger partial charge in [0.05, 0.1) is 18.4 Å². The number of aromatic nitrogens is 1. The minimum absolute atomic E-state index is 0.277. The van der Waals surface area contributed by atoms with Crippen molar-refractivity contribution in [2.45, 2.75) is 6.92 Å². The number of rotatable bonds is 5. The van der Waals surface area contributed by atoms with Crippen LogP contribution < -0.4 is 10.1 Å². The third-order valence-electron chi connectivity index (χ3n) is 5.05. The van der Waals surface area contributed by atoms with E-state index in [9.17, 15) is 9.18 Å². The van der Waals surface area contributed by atoms with Crippen LogP contribution in [0.5, 0.6) is 5.75 Å². The van der Waals surface area contributed by atoms with E-state index >= 15 is 0 Å². The molecule has 1 heterocycles. The van der Waals surface area contributed by atoms with Gasteiger partial charge in [-0.05, 0) is 67.1 Å². The van der Waals surface area contributed by atoms with Crippen LogP contribution in [0.15, 0.2) is 78.9 Å². The van der Waals surface area contributed by atoms with E-state index in [-0.39, 0.29) is 11.7 Å². The maximum Gasteiger partial charge on any atom is 0.257 e. The smallest absolute Gasteiger partial charge is 0.257 e. The van der Waals surface area contributed by atoms with Crippen molar-refractivity contribution in [3.05, 3.63) is 101 Å². The highest BCUT2D eigenvalue weighted by Crippen LogP contribution is 2.32. The van der Waals surface area contributed by atoms with Crippen molar-refractivity contribution in [2.75, 3.05) is 12.4 Å². The molecular weight excluding hydrogens is 415 g/mol. The first kappa shape index (κ1) is 20.7. The molecule has 0 bridgehead atoms. The van der Waals surface area contributed by atoms with Crippen molar-refractivity contribution in [2.24, 2.45) is 0 Å². The van der Waals surface area contributed by atoms with Gasteiger partial charge in [-0.1, -0.05) is 29.8 Å². The zero-order valence-corrected chi connectivity index (χ0v) is 17.8. The minimum atomic E-state index is -0.358. The average molecular weight is 435 g/mol. The molecule has 4 rings (SSSR count). The number of hydrogen-bond donors (Lipinski definition) is 1. The largest absolute Gasteiger partial charge is 0.497 e. The Hall–Kier alpha value is -3.57. The fourth-order valence-electron chi connectivity index (χ4n) is 3.48. The van der Waals surface area contributed by atoms with Gasteiger partial charge in [-0.15, -0.1) is 0 Å². The van der Waals surface area contributed by atoms with E-state index in [4.69, 9.17) is 16.3 Å². The molecule has 1 N–H and O–H groups in total. The minimum Gasteiger partial charge on any atom is -0.497 e. The number of anilines is 1. The standard InChI is InChI=1S/C25H20ClFN2O2/c1-16-23(25(30)28-20-12-10-19(27)11-13-20)15-24(17-6-8-18(26)9-7-17)29(16)21-4-3-5-22(14-21)31-2/h3-15H,1-2H3,(H,28,30). The molecule has 0 atom stereocenters. The second kappa shape index (κ2) is 8.66. The fourth-order valence-corrected chi connectivity index (χ4v) is 3.61. The molecule has 0 aliphatic rings. The lowest BCUT2D eigenvalue weighted by Gasteiger charge is -2.13. The second-order valence-corrected chi connectivity index (χ2v) is 7.47. The molecule has 0 fully saturated rings. The van der Waals surface area contributed by atoms with Crippen molar-refractivity contribution >= 4 is 23.2 Å². The van der Waals surface area contributed by atoms with Crippen LogP contribution in [0.2, 0.25) is 5.02 Å². The van der Waals surface area contributed by atoms with Crippen molar-refractivity contribution in [1.29, 1.82) is 0 Å². The quantitative estimate of drug-likeness (QED) is 0.389. The Labute approximate surface area is 184 Å². The molecule has 6 heteroatoms. The van der Waals surface area contributed by atoms with E-state index in [1.54, 1.807) is 7.11 Å². The summed E-state index contributed by atoms with van der Waals surface area (Å²) in [5.74, 6) is 0.0781. The molecule has 0 unspecified atom stereocenters. The number of carbonyl (C=O) groups is 1. The molecule has 1 amide bonds. The first-order chi connectivity index (χ1) is 15.0. The molecule has 31 heavy (non-hydrogen) atoms. The highest BCUT2D eigenvalue weighted by atomic mass is 35.5. The molecule has 0 aliphatic heterocycles.